The van der Waals surface area contributed by atoms with Crippen LogP contribution in [0.3, 0.4) is 0 Å². The number of alkyl carbamates (subject to hydrolysis) is 1. The highest BCUT2D eigenvalue weighted by atomic mass is 35.5. The van der Waals surface area contributed by atoms with Crippen LogP contribution in [-0.2, 0) is 17.9 Å². The number of carbonyl (C=O) groups is 2. The smallest absolute Gasteiger partial charge is 0.407 e. The van der Waals surface area contributed by atoms with E-state index < -0.39 is 6.09 Å². The van der Waals surface area contributed by atoms with Crippen LogP contribution in [0.2, 0.25) is 5.02 Å². The summed E-state index contributed by atoms with van der Waals surface area (Å²) >= 11 is 6.16. The maximum Gasteiger partial charge on any atom is 0.407 e. The molecule has 2 heterocycles. The van der Waals surface area contributed by atoms with Crippen molar-refractivity contribution >= 4 is 35.0 Å². The van der Waals surface area contributed by atoms with E-state index in [4.69, 9.17) is 16.3 Å². The van der Waals surface area contributed by atoms with Gasteiger partial charge >= 0.3 is 6.09 Å². The van der Waals surface area contributed by atoms with Gasteiger partial charge in [0.25, 0.3) is 5.91 Å². The molecule has 2 N–H and O–H groups in total. The summed E-state index contributed by atoms with van der Waals surface area (Å²) in [5.41, 5.74) is 3.83. The number of anilines is 2. The first kappa shape index (κ1) is 22.6. The fraction of sp³-hybridized carbons (Fsp3) is 0.240. The second-order valence-electron chi connectivity index (χ2n) is 7.80. The number of pyridine rings is 1. The van der Waals surface area contributed by atoms with E-state index in [0.29, 0.717) is 22.8 Å². The predicted molar refractivity (Wildman–Crippen MR) is 129 cm³/mol. The van der Waals surface area contributed by atoms with Crippen molar-refractivity contribution in [3.8, 4) is 0 Å². The van der Waals surface area contributed by atoms with Gasteiger partial charge in [-0.05, 0) is 54.8 Å². The molecule has 4 rings (SSSR count). The SMILES string of the molecule is O=C(NCc1ccc(NC(=O)c2cc(Cl)ccc2N2CCCC2)cc1)OCc1cccnc1. The Hall–Kier alpha value is -3.58. The molecule has 3 aromatic rings. The molecule has 8 heteroatoms. The predicted octanol–water partition coefficient (Wildman–Crippen LogP) is 5.01. The van der Waals surface area contributed by atoms with Crippen LogP contribution >= 0.6 is 11.6 Å². The summed E-state index contributed by atoms with van der Waals surface area (Å²) in [6.45, 7) is 2.35. The molecule has 1 saturated heterocycles. The van der Waals surface area contributed by atoms with E-state index in [1.54, 1.807) is 36.7 Å². The van der Waals surface area contributed by atoms with Crippen molar-refractivity contribution < 1.29 is 14.3 Å². The van der Waals surface area contributed by atoms with Crippen molar-refractivity contribution in [1.82, 2.24) is 10.3 Å². The Kier molecular flexibility index (Phi) is 7.42. The number of ether oxygens (including phenoxy) is 1. The summed E-state index contributed by atoms with van der Waals surface area (Å²) < 4.78 is 5.18. The van der Waals surface area contributed by atoms with E-state index in [9.17, 15) is 9.59 Å². The molecule has 1 fully saturated rings. The van der Waals surface area contributed by atoms with Gasteiger partial charge in [-0.15, -0.1) is 0 Å². The molecule has 170 valence electrons. The highest BCUT2D eigenvalue weighted by Crippen LogP contribution is 2.28. The fourth-order valence-corrected chi connectivity index (χ4v) is 3.86. The fourth-order valence-electron chi connectivity index (χ4n) is 3.69. The van der Waals surface area contributed by atoms with Crippen molar-refractivity contribution in [2.24, 2.45) is 0 Å². The number of hydrogen-bond acceptors (Lipinski definition) is 5. The van der Waals surface area contributed by atoms with Crippen LogP contribution < -0.4 is 15.5 Å². The molecule has 7 nitrogen and oxygen atoms in total. The lowest BCUT2D eigenvalue weighted by Crippen LogP contribution is -2.23. The summed E-state index contributed by atoms with van der Waals surface area (Å²) in [6, 6.07) is 16.3. The number of aromatic nitrogens is 1. The third-order valence-electron chi connectivity index (χ3n) is 5.39. The normalized spacial score (nSPS) is 12.9. The zero-order chi connectivity index (χ0) is 23.0. The minimum Gasteiger partial charge on any atom is -0.445 e. The average Bonchev–Trinajstić information content (AvgIpc) is 3.38. The van der Waals surface area contributed by atoms with E-state index in [0.717, 1.165) is 42.7 Å². The lowest BCUT2D eigenvalue weighted by molar-refractivity contribution is 0.102. The Morgan fingerprint density at radius 1 is 1.03 bits per heavy atom. The molecule has 0 unspecified atom stereocenters. The second-order valence-corrected chi connectivity index (χ2v) is 8.23. The Bertz CT molecular complexity index is 1100. The van der Waals surface area contributed by atoms with E-state index in [1.807, 2.05) is 30.3 Å². The number of amides is 2. The first-order chi connectivity index (χ1) is 16.1. The van der Waals surface area contributed by atoms with E-state index >= 15 is 0 Å². The number of carbonyl (C=O) groups excluding carboxylic acids is 2. The molecule has 0 spiro atoms. The molecular weight excluding hydrogens is 440 g/mol. The van der Waals surface area contributed by atoms with Gasteiger partial charge in [-0.25, -0.2) is 4.79 Å². The number of nitrogens with one attached hydrogen (secondary N) is 2. The van der Waals surface area contributed by atoms with Crippen molar-refractivity contribution in [3.05, 3.63) is 88.7 Å². The van der Waals surface area contributed by atoms with Crippen LogP contribution in [0.5, 0.6) is 0 Å². The van der Waals surface area contributed by atoms with E-state index in [1.165, 1.54) is 0 Å². The summed E-state index contributed by atoms with van der Waals surface area (Å²) in [7, 11) is 0. The molecule has 1 aliphatic rings. The molecule has 0 saturated carbocycles. The molecule has 0 atom stereocenters. The summed E-state index contributed by atoms with van der Waals surface area (Å²) in [5, 5.41) is 6.18. The number of nitrogens with zero attached hydrogens (tertiary/aromatic N) is 2. The number of hydrogen-bond donors (Lipinski definition) is 2. The summed E-state index contributed by atoms with van der Waals surface area (Å²) in [4.78, 5) is 31.1. The Balaban J connectivity index is 1.31. The Morgan fingerprint density at radius 3 is 2.55 bits per heavy atom. The molecule has 2 aromatic carbocycles. The molecule has 33 heavy (non-hydrogen) atoms. The van der Waals surface area contributed by atoms with Gasteiger partial charge in [-0.3, -0.25) is 9.78 Å². The number of halogens is 1. The van der Waals surface area contributed by atoms with Gasteiger partial charge in [-0.2, -0.15) is 0 Å². The number of benzene rings is 2. The minimum atomic E-state index is -0.508. The lowest BCUT2D eigenvalue weighted by atomic mass is 10.1. The van der Waals surface area contributed by atoms with Crippen LogP contribution in [0.1, 0.15) is 34.3 Å². The van der Waals surface area contributed by atoms with Crippen LogP contribution in [0.25, 0.3) is 0 Å². The quantitative estimate of drug-likeness (QED) is 0.513. The van der Waals surface area contributed by atoms with Gasteiger partial charge in [0.2, 0.25) is 0 Å². The van der Waals surface area contributed by atoms with Gasteiger partial charge < -0.3 is 20.3 Å². The lowest BCUT2D eigenvalue weighted by Gasteiger charge is -2.21. The van der Waals surface area contributed by atoms with E-state index in [2.05, 4.69) is 20.5 Å². The zero-order valence-electron chi connectivity index (χ0n) is 18.1. The number of rotatable bonds is 7. The molecule has 1 aromatic heterocycles. The topological polar surface area (TPSA) is 83.6 Å². The standard InChI is InChI=1S/C25H25ClN4O3/c26-20-7-10-23(30-12-1-2-13-30)22(14-20)24(31)29-21-8-5-18(6-9-21)16-28-25(32)33-17-19-4-3-11-27-15-19/h3-11,14-15H,1-2,12-13,16-17H2,(H,28,32)(H,29,31). The zero-order valence-corrected chi connectivity index (χ0v) is 18.8. The summed E-state index contributed by atoms with van der Waals surface area (Å²) in [6.07, 6.45) is 5.05. The minimum absolute atomic E-state index is 0.160. The van der Waals surface area contributed by atoms with Gasteiger partial charge in [0, 0.05) is 54.0 Å². The van der Waals surface area contributed by atoms with Gasteiger partial charge in [-0.1, -0.05) is 29.8 Å². The average molecular weight is 465 g/mol. The Morgan fingerprint density at radius 2 is 1.82 bits per heavy atom. The molecule has 0 aliphatic carbocycles. The first-order valence-corrected chi connectivity index (χ1v) is 11.2. The van der Waals surface area contributed by atoms with Gasteiger partial charge in [0.05, 0.1) is 5.56 Å². The van der Waals surface area contributed by atoms with Crippen molar-refractivity contribution in [2.75, 3.05) is 23.3 Å². The molecule has 2 amide bonds. The second kappa shape index (κ2) is 10.8. The molecule has 1 aliphatic heterocycles. The van der Waals surface area contributed by atoms with Crippen molar-refractivity contribution in [1.29, 1.82) is 0 Å². The molecular formula is C25H25ClN4O3. The third-order valence-corrected chi connectivity index (χ3v) is 5.63. The first-order valence-electron chi connectivity index (χ1n) is 10.8. The van der Waals surface area contributed by atoms with Crippen LogP contribution in [0, 0.1) is 0 Å². The largest absolute Gasteiger partial charge is 0.445 e. The van der Waals surface area contributed by atoms with Crippen molar-refractivity contribution in [3.63, 3.8) is 0 Å². The van der Waals surface area contributed by atoms with Crippen LogP contribution in [0.15, 0.2) is 67.0 Å². The third kappa shape index (κ3) is 6.23. The van der Waals surface area contributed by atoms with E-state index in [-0.39, 0.29) is 12.5 Å². The monoisotopic (exact) mass is 464 g/mol. The van der Waals surface area contributed by atoms with Crippen LogP contribution in [0.4, 0.5) is 16.2 Å². The molecule has 0 radical (unpaired) electrons. The van der Waals surface area contributed by atoms with Gasteiger partial charge in [0.1, 0.15) is 6.61 Å². The van der Waals surface area contributed by atoms with Crippen LogP contribution in [-0.4, -0.2) is 30.1 Å². The Labute approximate surface area is 197 Å². The maximum atomic E-state index is 13.0. The maximum absolute atomic E-state index is 13.0. The van der Waals surface area contributed by atoms with Gasteiger partial charge in [0.15, 0.2) is 0 Å². The summed E-state index contributed by atoms with van der Waals surface area (Å²) in [5.74, 6) is -0.204. The highest BCUT2D eigenvalue weighted by Gasteiger charge is 2.20. The highest BCUT2D eigenvalue weighted by molar-refractivity contribution is 6.31. The van der Waals surface area contributed by atoms with Crippen molar-refractivity contribution in [2.45, 2.75) is 26.0 Å². The molecule has 0 bridgehead atoms.